The molecule has 0 unspecified atom stereocenters. The van der Waals surface area contributed by atoms with Crippen molar-refractivity contribution in [3.8, 4) is 50.2 Å². The molecule has 0 fully saturated rings. The van der Waals surface area contributed by atoms with E-state index in [4.69, 9.17) is 4.42 Å². The molecule has 13 aromatic rings. The SMILES string of the molecule is c1ccc(-c2cccc(N(c3cccc4c3oc3ccccc34)c3cccc4c3c3cc(-c5ccccc5)cc(-c5ccccc5)c3n4-c3ccc(-c4cccc5ccccc45)cc3)c2)cc1. The number of hydrogen-bond acceptors (Lipinski definition) is 2. The first kappa shape index (κ1) is 38.5. The fourth-order valence-corrected chi connectivity index (χ4v) is 10.3. The lowest BCUT2D eigenvalue weighted by atomic mass is 9.95. The van der Waals surface area contributed by atoms with Crippen molar-refractivity contribution >= 4 is 71.6 Å². The maximum Gasteiger partial charge on any atom is 0.159 e. The Morgan fingerprint density at radius 1 is 0.343 bits per heavy atom. The highest BCUT2D eigenvalue weighted by molar-refractivity contribution is 6.21. The normalized spacial score (nSPS) is 11.6. The summed E-state index contributed by atoms with van der Waals surface area (Å²) in [5.41, 5.74) is 17.4. The lowest BCUT2D eigenvalue weighted by Crippen LogP contribution is -2.11. The van der Waals surface area contributed by atoms with E-state index in [0.717, 1.165) is 94.3 Å². The van der Waals surface area contributed by atoms with Crippen LogP contribution in [0.5, 0.6) is 0 Å². The topological polar surface area (TPSA) is 21.3 Å². The number of para-hydroxylation sites is 2. The van der Waals surface area contributed by atoms with Crippen LogP contribution in [0.1, 0.15) is 0 Å². The number of nitrogens with zero attached hydrogens (tertiary/aromatic N) is 2. The molecule has 3 nitrogen and oxygen atoms in total. The molecule has 0 bridgehead atoms. The zero-order chi connectivity index (χ0) is 44.3. The van der Waals surface area contributed by atoms with Gasteiger partial charge < -0.3 is 13.9 Å². The van der Waals surface area contributed by atoms with Gasteiger partial charge in [-0.15, -0.1) is 0 Å². The van der Waals surface area contributed by atoms with E-state index < -0.39 is 0 Å². The summed E-state index contributed by atoms with van der Waals surface area (Å²) in [4.78, 5) is 2.42. The second kappa shape index (κ2) is 16.0. The first-order chi connectivity index (χ1) is 33.2. The van der Waals surface area contributed by atoms with E-state index in [0.29, 0.717) is 0 Å². The number of furan rings is 1. The second-order valence-electron chi connectivity index (χ2n) is 17.2. The zero-order valence-electron chi connectivity index (χ0n) is 36.6. The van der Waals surface area contributed by atoms with Gasteiger partial charge in [-0.3, -0.25) is 0 Å². The van der Waals surface area contributed by atoms with E-state index in [1.165, 1.54) is 27.5 Å². The molecule has 0 amide bonds. The predicted octanol–water partition coefficient (Wildman–Crippen LogP) is 18.0. The molecule has 314 valence electrons. The summed E-state index contributed by atoms with van der Waals surface area (Å²) in [6.07, 6.45) is 0. The van der Waals surface area contributed by atoms with Crippen molar-refractivity contribution in [3.63, 3.8) is 0 Å². The number of benzene rings is 11. The number of hydrogen-bond donors (Lipinski definition) is 0. The standard InChI is InChI=1S/C64H42N2O/c1-4-18-43(19-5-1)48-26-14-27-51(40-48)65(60-34-16-31-55-54-29-12-13-35-61(54)67-64(55)60)58-32-17-33-59-62(58)57-42-49(44-20-6-2-7-21-44)41-56(46-22-8-3-9-23-46)63(57)66(59)50-38-36-47(37-39-50)53-30-15-25-45-24-10-11-28-52(45)53/h1-42H. The summed E-state index contributed by atoms with van der Waals surface area (Å²) in [5.74, 6) is 0. The highest BCUT2D eigenvalue weighted by atomic mass is 16.3. The Morgan fingerprint density at radius 3 is 1.72 bits per heavy atom. The van der Waals surface area contributed by atoms with E-state index in [2.05, 4.69) is 258 Å². The molecule has 0 aliphatic rings. The maximum absolute atomic E-state index is 6.88. The molecule has 0 saturated heterocycles. The van der Waals surface area contributed by atoms with Gasteiger partial charge >= 0.3 is 0 Å². The highest BCUT2D eigenvalue weighted by Gasteiger charge is 2.26. The fraction of sp³-hybridized carbons (Fsp3) is 0. The van der Waals surface area contributed by atoms with Crippen molar-refractivity contribution in [2.24, 2.45) is 0 Å². The molecule has 0 atom stereocenters. The van der Waals surface area contributed by atoms with E-state index >= 15 is 0 Å². The third-order valence-corrected chi connectivity index (χ3v) is 13.4. The van der Waals surface area contributed by atoms with Gasteiger partial charge in [0.05, 0.1) is 22.4 Å². The summed E-state index contributed by atoms with van der Waals surface area (Å²) < 4.78 is 9.36. The van der Waals surface area contributed by atoms with Gasteiger partial charge in [-0.2, -0.15) is 0 Å². The molecular weight excluding hydrogens is 813 g/mol. The second-order valence-corrected chi connectivity index (χ2v) is 17.2. The molecule has 0 radical (unpaired) electrons. The van der Waals surface area contributed by atoms with Gasteiger partial charge in [-0.25, -0.2) is 0 Å². The van der Waals surface area contributed by atoms with Crippen molar-refractivity contribution in [2.45, 2.75) is 0 Å². The average Bonchev–Trinajstić information content (AvgIpc) is 3.96. The zero-order valence-corrected chi connectivity index (χ0v) is 36.6. The minimum absolute atomic E-state index is 0.841. The molecule has 0 N–H and O–H groups in total. The molecule has 0 aliphatic heterocycles. The van der Waals surface area contributed by atoms with Crippen LogP contribution in [0, 0.1) is 0 Å². The fourth-order valence-electron chi connectivity index (χ4n) is 10.3. The number of rotatable bonds is 8. The van der Waals surface area contributed by atoms with E-state index in [1.54, 1.807) is 0 Å². The lowest BCUT2D eigenvalue weighted by molar-refractivity contribution is 0.669. The van der Waals surface area contributed by atoms with E-state index in [9.17, 15) is 0 Å². The highest BCUT2D eigenvalue weighted by Crippen LogP contribution is 2.50. The summed E-state index contributed by atoms with van der Waals surface area (Å²) in [6.45, 7) is 0. The van der Waals surface area contributed by atoms with Gasteiger partial charge in [-0.05, 0) is 110 Å². The van der Waals surface area contributed by atoms with Gasteiger partial charge in [0, 0.05) is 38.5 Å². The van der Waals surface area contributed by atoms with Crippen LogP contribution in [0.4, 0.5) is 17.1 Å². The van der Waals surface area contributed by atoms with Crippen LogP contribution in [-0.2, 0) is 0 Å². The van der Waals surface area contributed by atoms with E-state index in [1.807, 2.05) is 6.07 Å². The van der Waals surface area contributed by atoms with Crippen molar-refractivity contribution in [3.05, 3.63) is 255 Å². The molecule has 67 heavy (non-hydrogen) atoms. The van der Waals surface area contributed by atoms with Gasteiger partial charge in [-0.1, -0.05) is 194 Å². The quantitative estimate of drug-likeness (QED) is 0.152. The smallest absolute Gasteiger partial charge is 0.159 e. The minimum atomic E-state index is 0.841. The first-order valence-corrected chi connectivity index (χ1v) is 22.9. The maximum atomic E-state index is 6.88. The minimum Gasteiger partial charge on any atom is -0.454 e. The molecule has 11 aromatic carbocycles. The molecule has 2 heterocycles. The Balaban J connectivity index is 1.14. The van der Waals surface area contributed by atoms with Gasteiger partial charge in [0.15, 0.2) is 5.58 Å². The van der Waals surface area contributed by atoms with Gasteiger partial charge in [0.2, 0.25) is 0 Å². The van der Waals surface area contributed by atoms with Crippen LogP contribution in [-0.4, -0.2) is 4.57 Å². The van der Waals surface area contributed by atoms with Crippen molar-refractivity contribution < 1.29 is 4.42 Å². The average molecular weight is 855 g/mol. The Kier molecular flexibility index (Phi) is 9.17. The monoisotopic (exact) mass is 854 g/mol. The van der Waals surface area contributed by atoms with E-state index in [-0.39, 0.29) is 0 Å². The van der Waals surface area contributed by atoms with Crippen molar-refractivity contribution in [2.75, 3.05) is 4.90 Å². The summed E-state index contributed by atoms with van der Waals surface area (Å²) in [5, 5.41) is 6.96. The van der Waals surface area contributed by atoms with Crippen molar-refractivity contribution in [1.82, 2.24) is 4.57 Å². The molecule has 0 aliphatic carbocycles. The van der Waals surface area contributed by atoms with Crippen LogP contribution in [0.25, 0.3) is 105 Å². The van der Waals surface area contributed by atoms with Gasteiger partial charge in [0.25, 0.3) is 0 Å². The van der Waals surface area contributed by atoms with Crippen LogP contribution in [0.2, 0.25) is 0 Å². The summed E-state index contributed by atoms with van der Waals surface area (Å²) in [6, 6.07) is 92.0. The Labute approximate surface area is 388 Å². The first-order valence-electron chi connectivity index (χ1n) is 22.9. The van der Waals surface area contributed by atoms with Gasteiger partial charge in [0.1, 0.15) is 5.58 Å². The van der Waals surface area contributed by atoms with Crippen LogP contribution < -0.4 is 4.90 Å². The predicted molar refractivity (Wildman–Crippen MR) is 282 cm³/mol. The number of aromatic nitrogens is 1. The molecular formula is C64H42N2O. The molecule has 0 saturated carbocycles. The number of fused-ring (bicyclic) bond motifs is 7. The third-order valence-electron chi connectivity index (χ3n) is 13.4. The lowest BCUT2D eigenvalue weighted by Gasteiger charge is -2.27. The number of anilines is 3. The molecule has 2 aromatic heterocycles. The van der Waals surface area contributed by atoms with Crippen LogP contribution in [0.15, 0.2) is 259 Å². The Hall–Kier alpha value is -8.92. The Morgan fingerprint density at radius 2 is 0.925 bits per heavy atom. The summed E-state index contributed by atoms with van der Waals surface area (Å²) in [7, 11) is 0. The Bertz CT molecular complexity index is 3960. The third kappa shape index (κ3) is 6.51. The van der Waals surface area contributed by atoms with Crippen LogP contribution >= 0.6 is 0 Å². The largest absolute Gasteiger partial charge is 0.454 e. The molecule has 13 rings (SSSR count). The molecule has 3 heteroatoms. The molecule has 0 spiro atoms. The van der Waals surface area contributed by atoms with Crippen molar-refractivity contribution in [1.29, 1.82) is 0 Å². The van der Waals surface area contributed by atoms with Crippen LogP contribution in [0.3, 0.4) is 0 Å². The summed E-state index contributed by atoms with van der Waals surface area (Å²) >= 11 is 0.